The van der Waals surface area contributed by atoms with Crippen LogP contribution in [0.15, 0.2) is 36.5 Å². The van der Waals surface area contributed by atoms with Crippen molar-refractivity contribution in [2.24, 2.45) is 0 Å². The van der Waals surface area contributed by atoms with E-state index in [9.17, 15) is 4.79 Å². The van der Waals surface area contributed by atoms with Crippen LogP contribution in [0.25, 0.3) is 0 Å². The van der Waals surface area contributed by atoms with E-state index in [4.69, 9.17) is 9.47 Å². The maximum absolute atomic E-state index is 12.3. The van der Waals surface area contributed by atoms with E-state index in [0.717, 1.165) is 18.5 Å². The lowest BCUT2D eigenvalue weighted by Gasteiger charge is -2.14. The van der Waals surface area contributed by atoms with Crippen molar-refractivity contribution in [1.29, 1.82) is 0 Å². The van der Waals surface area contributed by atoms with E-state index in [0.29, 0.717) is 36.0 Å². The van der Waals surface area contributed by atoms with E-state index in [1.807, 2.05) is 32.0 Å². The molecule has 0 aliphatic carbocycles. The molecule has 2 rings (SSSR count). The molecule has 0 radical (unpaired) electrons. The third-order valence-corrected chi connectivity index (χ3v) is 3.30. The number of nitrogens with one attached hydrogen (secondary N) is 1. The molecule has 0 saturated heterocycles. The lowest BCUT2D eigenvalue weighted by molar-refractivity contribution is 0.102. The summed E-state index contributed by atoms with van der Waals surface area (Å²) >= 11 is 0. The molecule has 0 aliphatic heterocycles. The van der Waals surface area contributed by atoms with Crippen molar-refractivity contribution < 1.29 is 14.3 Å². The predicted molar refractivity (Wildman–Crippen MR) is 94.9 cm³/mol. The zero-order valence-corrected chi connectivity index (χ0v) is 14.5. The normalized spacial score (nSPS) is 10.3. The van der Waals surface area contributed by atoms with Crippen molar-refractivity contribution in [3.8, 4) is 11.5 Å². The summed E-state index contributed by atoms with van der Waals surface area (Å²) in [6.07, 6.45) is 3.39. The first-order chi connectivity index (χ1) is 11.6. The Bertz CT molecular complexity index is 669. The summed E-state index contributed by atoms with van der Waals surface area (Å²) in [4.78, 5) is 16.4. The Morgan fingerprint density at radius 3 is 2.38 bits per heavy atom. The van der Waals surface area contributed by atoms with Gasteiger partial charge in [0.25, 0.3) is 5.91 Å². The Hall–Kier alpha value is -2.56. The van der Waals surface area contributed by atoms with Gasteiger partial charge < -0.3 is 14.8 Å². The van der Waals surface area contributed by atoms with Crippen LogP contribution in [0.2, 0.25) is 0 Å². The molecule has 0 saturated carbocycles. The highest BCUT2D eigenvalue weighted by Gasteiger charge is 2.10. The molecule has 0 spiro atoms. The molecule has 1 heterocycles. The van der Waals surface area contributed by atoms with Crippen LogP contribution in [0.5, 0.6) is 11.5 Å². The molecular formula is C19H24N2O3. The number of benzene rings is 1. The highest BCUT2D eigenvalue weighted by Crippen LogP contribution is 2.31. The first-order valence-electron chi connectivity index (χ1n) is 8.27. The van der Waals surface area contributed by atoms with Gasteiger partial charge in [0.2, 0.25) is 0 Å². The zero-order chi connectivity index (χ0) is 17.4. The monoisotopic (exact) mass is 328 g/mol. The Balaban J connectivity index is 2.14. The third kappa shape index (κ3) is 4.98. The minimum atomic E-state index is -0.203. The largest absolute Gasteiger partial charge is 0.490 e. The number of aryl methyl sites for hydroxylation is 1. The van der Waals surface area contributed by atoms with E-state index in [-0.39, 0.29) is 5.91 Å². The number of amides is 1. The lowest BCUT2D eigenvalue weighted by atomic mass is 10.2. The van der Waals surface area contributed by atoms with Gasteiger partial charge in [-0.05, 0) is 44.0 Å². The number of pyridine rings is 1. The summed E-state index contributed by atoms with van der Waals surface area (Å²) in [5.74, 6) is 1.14. The van der Waals surface area contributed by atoms with Gasteiger partial charge in [0, 0.05) is 23.6 Å². The van der Waals surface area contributed by atoms with E-state index in [1.54, 1.807) is 18.3 Å². The highest BCUT2D eigenvalue weighted by molar-refractivity contribution is 6.04. The fourth-order valence-electron chi connectivity index (χ4n) is 2.05. The van der Waals surface area contributed by atoms with E-state index >= 15 is 0 Å². The standard InChI is InChI=1S/C19H24N2O3/c1-4-10-23-17-9-8-16(12-18(17)24-11-5-2)21-19(22)15-7-6-14(3)20-13-15/h6-9,12-13H,4-5,10-11H2,1-3H3,(H,21,22). The maximum atomic E-state index is 12.3. The summed E-state index contributed by atoms with van der Waals surface area (Å²) in [7, 11) is 0. The van der Waals surface area contributed by atoms with Crippen LogP contribution < -0.4 is 14.8 Å². The summed E-state index contributed by atoms with van der Waals surface area (Å²) in [6, 6.07) is 8.99. The van der Waals surface area contributed by atoms with Gasteiger partial charge in [-0.2, -0.15) is 0 Å². The molecule has 1 aromatic heterocycles. The summed E-state index contributed by atoms with van der Waals surface area (Å²) in [5.41, 5.74) is 2.05. The van der Waals surface area contributed by atoms with Gasteiger partial charge in [-0.25, -0.2) is 0 Å². The van der Waals surface area contributed by atoms with Crippen LogP contribution in [0.1, 0.15) is 42.7 Å². The van der Waals surface area contributed by atoms with Gasteiger partial charge in [-0.3, -0.25) is 9.78 Å². The Morgan fingerprint density at radius 2 is 1.75 bits per heavy atom. The van der Waals surface area contributed by atoms with Crippen molar-refractivity contribution in [1.82, 2.24) is 4.98 Å². The summed E-state index contributed by atoms with van der Waals surface area (Å²) in [5, 5.41) is 2.86. The number of carbonyl (C=O) groups excluding carboxylic acids is 1. The van der Waals surface area contributed by atoms with Crippen molar-refractivity contribution in [2.75, 3.05) is 18.5 Å². The van der Waals surface area contributed by atoms with Crippen molar-refractivity contribution in [2.45, 2.75) is 33.6 Å². The minimum absolute atomic E-state index is 0.203. The first-order valence-corrected chi connectivity index (χ1v) is 8.27. The molecule has 0 unspecified atom stereocenters. The van der Waals surface area contributed by atoms with Gasteiger partial charge in [0.1, 0.15) is 0 Å². The third-order valence-electron chi connectivity index (χ3n) is 3.30. The molecule has 1 amide bonds. The molecule has 128 valence electrons. The van der Waals surface area contributed by atoms with Gasteiger partial charge in [0.05, 0.1) is 18.8 Å². The van der Waals surface area contributed by atoms with Crippen molar-refractivity contribution in [3.05, 3.63) is 47.8 Å². The number of carbonyl (C=O) groups is 1. The first kappa shape index (κ1) is 17.8. The molecule has 5 nitrogen and oxygen atoms in total. The number of ether oxygens (including phenoxy) is 2. The van der Waals surface area contributed by atoms with Crippen LogP contribution >= 0.6 is 0 Å². The molecule has 2 aromatic rings. The zero-order valence-electron chi connectivity index (χ0n) is 14.5. The minimum Gasteiger partial charge on any atom is -0.490 e. The smallest absolute Gasteiger partial charge is 0.257 e. The Labute approximate surface area is 143 Å². The predicted octanol–water partition coefficient (Wildman–Crippen LogP) is 4.22. The fraction of sp³-hybridized carbons (Fsp3) is 0.368. The molecule has 24 heavy (non-hydrogen) atoms. The summed E-state index contributed by atoms with van der Waals surface area (Å²) in [6.45, 7) is 7.21. The summed E-state index contributed by atoms with van der Waals surface area (Å²) < 4.78 is 11.4. The van der Waals surface area contributed by atoms with E-state index < -0.39 is 0 Å². The van der Waals surface area contributed by atoms with Crippen LogP contribution in [-0.4, -0.2) is 24.1 Å². The molecule has 5 heteroatoms. The van der Waals surface area contributed by atoms with E-state index in [1.165, 1.54) is 0 Å². The van der Waals surface area contributed by atoms with E-state index in [2.05, 4.69) is 17.2 Å². The molecule has 0 aliphatic rings. The molecule has 0 fully saturated rings. The number of rotatable bonds is 8. The van der Waals surface area contributed by atoms with Gasteiger partial charge >= 0.3 is 0 Å². The number of hydrogen-bond acceptors (Lipinski definition) is 4. The van der Waals surface area contributed by atoms with Crippen LogP contribution in [-0.2, 0) is 0 Å². The van der Waals surface area contributed by atoms with Gasteiger partial charge in [-0.15, -0.1) is 0 Å². The lowest BCUT2D eigenvalue weighted by Crippen LogP contribution is -2.12. The molecule has 0 bridgehead atoms. The molecule has 0 atom stereocenters. The van der Waals surface area contributed by atoms with Crippen LogP contribution in [0.4, 0.5) is 5.69 Å². The van der Waals surface area contributed by atoms with Gasteiger partial charge in [0.15, 0.2) is 11.5 Å². The average molecular weight is 328 g/mol. The SMILES string of the molecule is CCCOc1ccc(NC(=O)c2ccc(C)nc2)cc1OCCC. The van der Waals surface area contributed by atoms with Gasteiger partial charge in [-0.1, -0.05) is 13.8 Å². The quantitative estimate of drug-likeness (QED) is 0.788. The number of aromatic nitrogens is 1. The Morgan fingerprint density at radius 1 is 1.04 bits per heavy atom. The average Bonchev–Trinajstić information content (AvgIpc) is 2.59. The van der Waals surface area contributed by atoms with Crippen molar-refractivity contribution in [3.63, 3.8) is 0 Å². The second-order valence-electron chi connectivity index (χ2n) is 5.50. The highest BCUT2D eigenvalue weighted by atomic mass is 16.5. The molecular weight excluding hydrogens is 304 g/mol. The molecule has 1 aromatic carbocycles. The number of anilines is 1. The number of hydrogen-bond donors (Lipinski definition) is 1. The topological polar surface area (TPSA) is 60.5 Å². The second-order valence-corrected chi connectivity index (χ2v) is 5.50. The number of nitrogens with zero attached hydrogens (tertiary/aromatic N) is 1. The Kier molecular flexibility index (Phi) is 6.61. The maximum Gasteiger partial charge on any atom is 0.257 e. The van der Waals surface area contributed by atoms with Crippen molar-refractivity contribution >= 4 is 11.6 Å². The second kappa shape index (κ2) is 8.91. The fourth-order valence-corrected chi connectivity index (χ4v) is 2.05. The molecule has 1 N–H and O–H groups in total. The van der Waals surface area contributed by atoms with Crippen LogP contribution in [0.3, 0.4) is 0 Å². The van der Waals surface area contributed by atoms with Crippen LogP contribution in [0, 0.1) is 6.92 Å².